The van der Waals surface area contributed by atoms with Crippen LogP contribution in [0.15, 0.2) is 75.6 Å². The van der Waals surface area contributed by atoms with Gasteiger partial charge in [-0.25, -0.2) is 0 Å². The van der Waals surface area contributed by atoms with Crippen LogP contribution in [-0.4, -0.2) is 13.5 Å². The lowest BCUT2D eigenvalue weighted by atomic mass is 9.97. The van der Waals surface area contributed by atoms with Gasteiger partial charge in [-0.2, -0.15) is 13.7 Å². The summed E-state index contributed by atoms with van der Waals surface area (Å²) < 4.78 is 29.4. The molecule has 3 rings (SSSR count). The third-order valence-electron chi connectivity index (χ3n) is 3.76. The second-order valence-corrected chi connectivity index (χ2v) is 8.37. The van der Waals surface area contributed by atoms with Crippen LogP contribution in [0.25, 0.3) is 5.57 Å². The van der Waals surface area contributed by atoms with Crippen LogP contribution in [0.3, 0.4) is 0 Å². The fraction of sp³-hybridized carbons (Fsp3) is 0.0526. The highest BCUT2D eigenvalue weighted by molar-refractivity contribution is 8.17. The molecule has 136 valence electrons. The van der Waals surface area contributed by atoms with Gasteiger partial charge >= 0.3 is 10.1 Å². The molecule has 1 heterocycles. The number of thioether (sulfide) groups is 1. The summed E-state index contributed by atoms with van der Waals surface area (Å²) in [7, 11) is -4.09. The van der Waals surface area contributed by atoms with E-state index >= 15 is 0 Å². The molecule has 8 heteroatoms. The van der Waals surface area contributed by atoms with E-state index < -0.39 is 10.1 Å². The van der Waals surface area contributed by atoms with Crippen molar-refractivity contribution < 1.29 is 12.7 Å². The van der Waals surface area contributed by atoms with Crippen LogP contribution in [-0.2, 0) is 14.4 Å². The van der Waals surface area contributed by atoms with Gasteiger partial charge in [0.25, 0.3) is 0 Å². The maximum atomic E-state index is 12.3. The zero-order valence-electron chi connectivity index (χ0n) is 14.1. The van der Waals surface area contributed by atoms with E-state index in [1.54, 1.807) is 11.5 Å². The molecule has 0 saturated carbocycles. The van der Waals surface area contributed by atoms with E-state index in [1.165, 1.54) is 36.0 Å². The van der Waals surface area contributed by atoms with Crippen molar-refractivity contribution in [2.75, 3.05) is 0 Å². The summed E-state index contributed by atoms with van der Waals surface area (Å²) in [5.41, 5.74) is 2.61. The molecule has 1 aliphatic rings. The summed E-state index contributed by atoms with van der Waals surface area (Å²) in [5.74, 6) is 0. The molecule has 0 bridgehead atoms. The fourth-order valence-electron chi connectivity index (χ4n) is 2.41. The highest BCUT2D eigenvalue weighted by Gasteiger charge is 2.21. The van der Waals surface area contributed by atoms with E-state index in [0.29, 0.717) is 21.2 Å². The van der Waals surface area contributed by atoms with Crippen LogP contribution in [0.2, 0.25) is 5.02 Å². The zero-order chi connectivity index (χ0) is 19.4. The summed E-state index contributed by atoms with van der Waals surface area (Å²) >= 11 is 6.95. The number of aryl methyl sites for hydroxylation is 1. The van der Waals surface area contributed by atoms with Gasteiger partial charge in [-0.1, -0.05) is 52.8 Å². The maximum Gasteiger partial charge on any atom is 0.358 e. The van der Waals surface area contributed by atoms with Crippen LogP contribution < -0.4 is 0 Å². The Morgan fingerprint density at radius 2 is 1.89 bits per heavy atom. The molecule has 27 heavy (non-hydrogen) atoms. The predicted molar refractivity (Wildman–Crippen MR) is 108 cm³/mol. The molecule has 1 aliphatic heterocycles. The smallest absolute Gasteiger partial charge is 0.264 e. The Hall–Kier alpha value is -2.53. The normalized spacial score (nSPS) is 17.0. The van der Waals surface area contributed by atoms with Crippen molar-refractivity contribution in [2.24, 2.45) is 5.16 Å². The van der Waals surface area contributed by atoms with Crippen LogP contribution in [0.5, 0.6) is 0 Å². The largest absolute Gasteiger partial charge is 0.358 e. The average Bonchev–Trinajstić information content (AvgIpc) is 3.11. The fourth-order valence-corrected chi connectivity index (χ4v) is 4.02. The van der Waals surface area contributed by atoms with E-state index in [1.807, 2.05) is 31.2 Å². The first-order chi connectivity index (χ1) is 12.9. The number of nitrogens with zero attached hydrogens (tertiary/aromatic N) is 2. The summed E-state index contributed by atoms with van der Waals surface area (Å²) in [6.45, 7) is 1.90. The second-order valence-electron chi connectivity index (χ2n) is 5.52. The Morgan fingerprint density at radius 1 is 1.19 bits per heavy atom. The summed E-state index contributed by atoms with van der Waals surface area (Å²) in [5, 5.41) is 15.9. The van der Waals surface area contributed by atoms with Crippen molar-refractivity contribution >= 4 is 44.1 Å². The molecule has 2 aromatic rings. The third kappa shape index (κ3) is 4.25. The zero-order valence-corrected chi connectivity index (χ0v) is 16.5. The number of hydrogen-bond donors (Lipinski definition) is 0. The minimum atomic E-state index is -4.09. The van der Waals surface area contributed by atoms with E-state index in [-0.39, 0.29) is 4.90 Å². The number of nitriles is 1. The number of benzene rings is 2. The summed E-state index contributed by atoms with van der Waals surface area (Å²) in [4.78, 5) is -0.0582. The van der Waals surface area contributed by atoms with Crippen molar-refractivity contribution in [3.05, 3.63) is 81.7 Å². The van der Waals surface area contributed by atoms with Gasteiger partial charge in [0.15, 0.2) is 0 Å². The monoisotopic (exact) mass is 416 g/mol. The van der Waals surface area contributed by atoms with Crippen LogP contribution in [0.4, 0.5) is 0 Å². The molecule has 0 saturated heterocycles. The Morgan fingerprint density at radius 3 is 2.56 bits per heavy atom. The first-order valence-corrected chi connectivity index (χ1v) is 10.4. The van der Waals surface area contributed by atoms with Gasteiger partial charge in [0.05, 0.1) is 5.57 Å². The van der Waals surface area contributed by atoms with Crippen LogP contribution in [0, 0.1) is 18.3 Å². The molecular weight excluding hydrogens is 404 g/mol. The van der Waals surface area contributed by atoms with Crippen LogP contribution in [0.1, 0.15) is 11.1 Å². The van der Waals surface area contributed by atoms with E-state index in [0.717, 1.165) is 11.1 Å². The Balaban J connectivity index is 1.96. The lowest BCUT2D eigenvalue weighted by Gasteiger charge is -2.07. The van der Waals surface area contributed by atoms with Crippen molar-refractivity contribution in [1.82, 2.24) is 0 Å². The van der Waals surface area contributed by atoms with Gasteiger partial charge in [0.1, 0.15) is 16.0 Å². The molecule has 0 N–H and O–H groups in total. The molecular formula is C19H13ClN2O3S2. The van der Waals surface area contributed by atoms with Gasteiger partial charge < -0.3 is 0 Å². The highest BCUT2D eigenvalue weighted by Crippen LogP contribution is 2.32. The lowest BCUT2D eigenvalue weighted by Crippen LogP contribution is -2.05. The summed E-state index contributed by atoms with van der Waals surface area (Å²) in [6.07, 6.45) is 1.72. The van der Waals surface area contributed by atoms with E-state index in [2.05, 4.69) is 11.2 Å². The Bertz CT molecular complexity index is 1110. The standard InChI is InChI=1S/C19H13ClN2O3S2/c1-13-4-2-3-5-16(13)18(12-21)17-10-11-26-19(17)22-25-27(23,24)15-8-6-14(20)7-9-15/h2-11H,1H3/b18-17+,22-19-. The van der Waals surface area contributed by atoms with Crippen molar-refractivity contribution in [3.8, 4) is 6.07 Å². The second kappa shape index (κ2) is 8.01. The molecule has 2 aromatic carbocycles. The van der Waals surface area contributed by atoms with E-state index in [9.17, 15) is 13.7 Å². The number of halogens is 1. The van der Waals surface area contributed by atoms with Crippen molar-refractivity contribution in [2.45, 2.75) is 11.8 Å². The maximum absolute atomic E-state index is 12.3. The Labute approximate surface area is 166 Å². The average molecular weight is 417 g/mol. The number of rotatable bonds is 4. The molecule has 0 aromatic heterocycles. The lowest BCUT2D eigenvalue weighted by molar-refractivity contribution is 0.340. The third-order valence-corrected chi connectivity index (χ3v) is 5.92. The first kappa shape index (κ1) is 19.2. The number of hydrogen-bond acceptors (Lipinski definition) is 6. The van der Waals surface area contributed by atoms with Crippen molar-refractivity contribution in [1.29, 1.82) is 5.26 Å². The SMILES string of the molecule is Cc1ccccc1/C(C#N)=C1\C=CS\C1=N/OS(=O)(=O)c1ccc(Cl)cc1. The molecule has 5 nitrogen and oxygen atoms in total. The van der Waals surface area contributed by atoms with Gasteiger partial charge in [-0.15, -0.1) is 0 Å². The minimum absolute atomic E-state index is 0.0582. The predicted octanol–water partition coefficient (Wildman–Crippen LogP) is 4.91. The highest BCUT2D eigenvalue weighted by atomic mass is 35.5. The molecule has 0 unspecified atom stereocenters. The number of oxime groups is 1. The molecule has 0 atom stereocenters. The summed E-state index contributed by atoms with van der Waals surface area (Å²) in [6, 6.07) is 15.2. The van der Waals surface area contributed by atoms with Crippen molar-refractivity contribution in [3.63, 3.8) is 0 Å². The molecule has 0 spiro atoms. The van der Waals surface area contributed by atoms with E-state index in [4.69, 9.17) is 15.9 Å². The number of allylic oxidation sites excluding steroid dienone is 2. The van der Waals surface area contributed by atoms with Gasteiger partial charge in [0.2, 0.25) is 0 Å². The first-order valence-electron chi connectivity index (χ1n) is 7.73. The quantitative estimate of drug-likeness (QED) is 0.522. The van der Waals surface area contributed by atoms with Gasteiger partial charge in [0, 0.05) is 10.6 Å². The topological polar surface area (TPSA) is 79.5 Å². The molecule has 0 radical (unpaired) electrons. The van der Waals surface area contributed by atoms with Gasteiger partial charge in [-0.3, -0.25) is 4.28 Å². The van der Waals surface area contributed by atoms with Crippen LogP contribution >= 0.6 is 23.4 Å². The Kier molecular flexibility index (Phi) is 5.71. The molecule has 0 fully saturated rings. The van der Waals surface area contributed by atoms with Gasteiger partial charge in [-0.05, 0) is 53.8 Å². The molecule has 0 aliphatic carbocycles. The minimum Gasteiger partial charge on any atom is -0.264 e. The molecule has 0 amide bonds.